The number of anilines is 2. The predicted octanol–water partition coefficient (Wildman–Crippen LogP) is 0.248. The second kappa shape index (κ2) is 5.47. The molecule has 0 aromatic carbocycles. The van der Waals surface area contributed by atoms with Gasteiger partial charge >= 0.3 is 0 Å². The number of carbonyl (C=O) groups is 1. The fourth-order valence-electron chi connectivity index (χ4n) is 1.51. The molecule has 1 rings (SSSR count). The Morgan fingerprint density at radius 2 is 2.06 bits per heavy atom. The van der Waals surface area contributed by atoms with Crippen LogP contribution < -0.4 is 16.0 Å². The minimum absolute atomic E-state index is 0.00764. The van der Waals surface area contributed by atoms with Crippen molar-refractivity contribution >= 4 is 17.5 Å². The van der Waals surface area contributed by atoms with Crippen LogP contribution in [0.25, 0.3) is 0 Å². The first-order valence-corrected chi connectivity index (χ1v) is 5.48. The minimum Gasteiger partial charge on any atom is -0.383 e. The molecule has 6 nitrogen and oxygen atoms in total. The van der Waals surface area contributed by atoms with Crippen molar-refractivity contribution in [3.8, 4) is 0 Å². The van der Waals surface area contributed by atoms with Gasteiger partial charge in [-0.25, -0.2) is 9.97 Å². The lowest BCUT2D eigenvalue weighted by molar-refractivity contribution is -0.120. The number of aromatic nitrogens is 2. The highest BCUT2D eigenvalue weighted by Gasteiger charge is 2.11. The fraction of sp³-hybridized carbons (Fsp3) is 0.545. The van der Waals surface area contributed by atoms with Gasteiger partial charge in [0.2, 0.25) is 5.91 Å². The van der Waals surface area contributed by atoms with Crippen LogP contribution in [0.1, 0.15) is 17.8 Å². The molecule has 0 aliphatic rings. The van der Waals surface area contributed by atoms with Crippen LogP contribution in [0.15, 0.2) is 0 Å². The third-order valence-electron chi connectivity index (χ3n) is 2.58. The number of nitrogens with zero attached hydrogens (tertiary/aromatic N) is 3. The molecule has 0 unspecified atom stereocenters. The lowest BCUT2D eigenvalue weighted by atomic mass is 10.2. The molecule has 1 aromatic rings. The van der Waals surface area contributed by atoms with E-state index in [1.807, 2.05) is 18.9 Å². The van der Waals surface area contributed by atoms with Gasteiger partial charge < -0.3 is 16.0 Å². The molecule has 94 valence electrons. The maximum Gasteiger partial charge on any atom is 0.221 e. The number of nitrogens with two attached hydrogens (primary N) is 1. The summed E-state index contributed by atoms with van der Waals surface area (Å²) in [6.07, 6.45) is 0.426. The third kappa shape index (κ3) is 3.30. The summed E-state index contributed by atoms with van der Waals surface area (Å²) in [7, 11) is 3.51. The van der Waals surface area contributed by atoms with Gasteiger partial charge in [0.1, 0.15) is 17.5 Å². The number of nitrogens with one attached hydrogen (secondary N) is 1. The number of nitrogen functional groups attached to an aromatic ring is 1. The molecule has 0 radical (unpaired) electrons. The lowest BCUT2D eigenvalue weighted by Crippen LogP contribution is -2.27. The highest BCUT2D eigenvalue weighted by atomic mass is 16.1. The Bertz CT molecular complexity index is 419. The Labute approximate surface area is 101 Å². The smallest absolute Gasteiger partial charge is 0.221 e. The van der Waals surface area contributed by atoms with Crippen molar-refractivity contribution in [2.75, 3.05) is 31.3 Å². The molecule has 0 spiro atoms. The van der Waals surface area contributed by atoms with E-state index in [0.717, 1.165) is 11.4 Å². The second-order valence-electron chi connectivity index (χ2n) is 3.95. The van der Waals surface area contributed by atoms with Gasteiger partial charge in [-0.15, -0.1) is 0 Å². The molecule has 1 amide bonds. The Kier molecular flexibility index (Phi) is 4.25. The summed E-state index contributed by atoms with van der Waals surface area (Å²) < 4.78 is 0. The van der Waals surface area contributed by atoms with Crippen LogP contribution >= 0.6 is 0 Å². The summed E-state index contributed by atoms with van der Waals surface area (Å²) >= 11 is 0. The van der Waals surface area contributed by atoms with E-state index < -0.39 is 0 Å². The van der Waals surface area contributed by atoms with Gasteiger partial charge in [-0.3, -0.25) is 4.79 Å². The monoisotopic (exact) mass is 237 g/mol. The molecule has 3 N–H and O–H groups in total. The number of aryl methyl sites for hydroxylation is 1. The van der Waals surface area contributed by atoms with E-state index in [-0.39, 0.29) is 5.91 Å². The average molecular weight is 237 g/mol. The molecule has 0 saturated carbocycles. The van der Waals surface area contributed by atoms with Crippen molar-refractivity contribution in [3.63, 3.8) is 0 Å². The number of carbonyl (C=O) groups excluding carboxylic acids is 1. The summed E-state index contributed by atoms with van der Waals surface area (Å²) in [6.45, 7) is 4.27. The van der Waals surface area contributed by atoms with E-state index >= 15 is 0 Å². The van der Waals surface area contributed by atoms with Crippen LogP contribution in [0.2, 0.25) is 0 Å². The SMILES string of the molecule is CNC(=O)CCN(C)c1nc(C)nc(N)c1C. The van der Waals surface area contributed by atoms with Crippen molar-refractivity contribution in [1.82, 2.24) is 15.3 Å². The van der Waals surface area contributed by atoms with Crippen molar-refractivity contribution < 1.29 is 4.79 Å². The standard InChI is InChI=1S/C11H19N5O/c1-7-10(12)14-8(2)15-11(7)16(4)6-5-9(17)13-3/h5-6H2,1-4H3,(H,13,17)(H2,12,14,15). The maximum atomic E-state index is 11.2. The molecule has 1 aromatic heterocycles. The first-order valence-electron chi connectivity index (χ1n) is 5.48. The largest absolute Gasteiger partial charge is 0.383 e. The molecule has 6 heteroatoms. The zero-order valence-corrected chi connectivity index (χ0v) is 10.7. The molecule has 0 aliphatic carbocycles. The summed E-state index contributed by atoms with van der Waals surface area (Å²) in [5, 5.41) is 2.59. The van der Waals surface area contributed by atoms with E-state index in [1.54, 1.807) is 14.0 Å². The van der Waals surface area contributed by atoms with E-state index in [4.69, 9.17) is 5.73 Å². The number of amides is 1. The van der Waals surface area contributed by atoms with Crippen LogP contribution in [0.3, 0.4) is 0 Å². The maximum absolute atomic E-state index is 11.2. The normalized spacial score (nSPS) is 10.1. The van der Waals surface area contributed by atoms with Gasteiger partial charge in [0.25, 0.3) is 0 Å². The van der Waals surface area contributed by atoms with Crippen LogP contribution in [0.4, 0.5) is 11.6 Å². The van der Waals surface area contributed by atoms with Crippen molar-refractivity contribution in [1.29, 1.82) is 0 Å². The first kappa shape index (κ1) is 13.2. The van der Waals surface area contributed by atoms with Gasteiger partial charge in [0, 0.05) is 32.6 Å². The molecule has 0 fully saturated rings. The molecule has 1 heterocycles. The Morgan fingerprint density at radius 1 is 1.41 bits per heavy atom. The molecule has 0 aliphatic heterocycles. The highest BCUT2D eigenvalue weighted by Crippen LogP contribution is 2.20. The molecular weight excluding hydrogens is 218 g/mol. The second-order valence-corrected chi connectivity index (χ2v) is 3.95. The van der Waals surface area contributed by atoms with Crippen molar-refractivity contribution in [3.05, 3.63) is 11.4 Å². The van der Waals surface area contributed by atoms with Crippen LogP contribution in [0, 0.1) is 13.8 Å². The number of hydrogen-bond donors (Lipinski definition) is 2. The minimum atomic E-state index is 0.00764. The topological polar surface area (TPSA) is 84.1 Å². The van der Waals surface area contributed by atoms with E-state index in [1.165, 1.54) is 0 Å². The Morgan fingerprint density at radius 3 is 2.65 bits per heavy atom. The number of hydrogen-bond acceptors (Lipinski definition) is 5. The fourth-order valence-corrected chi connectivity index (χ4v) is 1.51. The Balaban J connectivity index is 2.81. The van der Waals surface area contributed by atoms with E-state index in [2.05, 4.69) is 15.3 Å². The summed E-state index contributed by atoms with van der Waals surface area (Å²) in [6, 6.07) is 0. The molecule has 0 bridgehead atoms. The summed E-state index contributed by atoms with van der Waals surface area (Å²) in [4.78, 5) is 21.5. The molecule has 0 saturated heterocycles. The molecular formula is C11H19N5O. The summed E-state index contributed by atoms with van der Waals surface area (Å²) in [5.41, 5.74) is 6.63. The average Bonchev–Trinajstić information content (AvgIpc) is 2.30. The zero-order valence-electron chi connectivity index (χ0n) is 10.7. The highest BCUT2D eigenvalue weighted by molar-refractivity contribution is 5.76. The predicted molar refractivity (Wildman–Crippen MR) is 67.9 cm³/mol. The van der Waals surface area contributed by atoms with Gasteiger partial charge in [0.05, 0.1) is 0 Å². The molecule has 0 atom stereocenters. The van der Waals surface area contributed by atoms with Gasteiger partial charge in [-0.2, -0.15) is 0 Å². The Hall–Kier alpha value is -1.85. The van der Waals surface area contributed by atoms with Crippen molar-refractivity contribution in [2.24, 2.45) is 0 Å². The van der Waals surface area contributed by atoms with E-state index in [0.29, 0.717) is 24.6 Å². The van der Waals surface area contributed by atoms with Crippen LogP contribution in [-0.2, 0) is 4.79 Å². The van der Waals surface area contributed by atoms with Crippen LogP contribution in [0.5, 0.6) is 0 Å². The first-order chi connectivity index (χ1) is 7.95. The number of rotatable bonds is 4. The van der Waals surface area contributed by atoms with Gasteiger partial charge in [-0.05, 0) is 13.8 Å². The van der Waals surface area contributed by atoms with Crippen LogP contribution in [-0.4, -0.2) is 36.5 Å². The van der Waals surface area contributed by atoms with Gasteiger partial charge in [-0.1, -0.05) is 0 Å². The quantitative estimate of drug-likeness (QED) is 0.784. The van der Waals surface area contributed by atoms with Crippen molar-refractivity contribution in [2.45, 2.75) is 20.3 Å². The zero-order chi connectivity index (χ0) is 13.0. The summed E-state index contributed by atoms with van der Waals surface area (Å²) in [5.74, 6) is 1.90. The van der Waals surface area contributed by atoms with Gasteiger partial charge in [0.15, 0.2) is 0 Å². The third-order valence-corrected chi connectivity index (χ3v) is 2.58. The lowest BCUT2D eigenvalue weighted by Gasteiger charge is -2.20. The van der Waals surface area contributed by atoms with E-state index in [9.17, 15) is 4.79 Å². The molecule has 17 heavy (non-hydrogen) atoms.